The Kier molecular flexibility index (Phi) is 3.41. The van der Waals surface area contributed by atoms with Gasteiger partial charge in [0.1, 0.15) is 5.82 Å². The van der Waals surface area contributed by atoms with Gasteiger partial charge in [-0.1, -0.05) is 19.3 Å². The third-order valence-corrected chi connectivity index (χ3v) is 3.48. The molecule has 0 atom stereocenters. The van der Waals surface area contributed by atoms with E-state index in [1.165, 1.54) is 37.8 Å². The highest BCUT2D eigenvalue weighted by molar-refractivity contribution is 5.11. The van der Waals surface area contributed by atoms with Crippen molar-refractivity contribution in [3.63, 3.8) is 0 Å². The van der Waals surface area contributed by atoms with Crippen molar-refractivity contribution in [2.45, 2.75) is 44.6 Å². The zero-order chi connectivity index (χ0) is 10.7. The zero-order valence-electron chi connectivity index (χ0n) is 9.79. The quantitative estimate of drug-likeness (QED) is 0.823. The van der Waals surface area contributed by atoms with E-state index in [0.717, 1.165) is 18.3 Å². The second-order valence-electron chi connectivity index (χ2n) is 4.52. The second kappa shape index (κ2) is 4.79. The standard InChI is InChI=1S/C12H21N3/c1-13-9-12-14-8-11(15(12)2)10-6-4-3-5-7-10/h8,10,13H,3-7,9H2,1-2H3. The molecule has 84 valence electrons. The van der Waals surface area contributed by atoms with Crippen molar-refractivity contribution in [1.82, 2.24) is 14.9 Å². The van der Waals surface area contributed by atoms with Crippen molar-refractivity contribution in [1.29, 1.82) is 0 Å². The average Bonchev–Trinajstić information content (AvgIpc) is 2.63. The fourth-order valence-corrected chi connectivity index (χ4v) is 2.56. The molecule has 0 amide bonds. The number of hydrogen-bond donors (Lipinski definition) is 1. The van der Waals surface area contributed by atoms with Gasteiger partial charge in [-0.2, -0.15) is 0 Å². The first-order valence-electron chi connectivity index (χ1n) is 5.98. The van der Waals surface area contributed by atoms with E-state index < -0.39 is 0 Å². The van der Waals surface area contributed by atoms with Gasteiger partial charge in [-0.3, -0.25) is 0 Å². The Labute approximate surface area is 91.9 Å². The highest BCUT2D eigenvalue weighted by atomic mass is 15.1. The van der Waals surface area contributed by atoms with Gasteiger partial charge in [-0.05, 0) is 19.9 Å². The fraction of sp³-hybridized carbons (Fsp3) is 0.750. The minimum absolute atomic E-state index is 0.752. The molecule has 1 aromatic rings. The largest absolute Gasteiger partial charge is 0.334 e. The minimum atomic E-state index is 0.752. The molecule has 0 spiro atoms. The van der Waals surface area contributed by atoms with E-state index in [0.29, 0.717) is 0 Å². The third-order valence-electron chi connectivity index (χ3n) is 3.48. The molecule has 1 aromatic heterocycles. The molecule has 1 saturated carbocycles. The van der Waals surface area contributed by atoms with Gasteiger partial charge in [0.05, 0.1) is 6.54 Å². The molecular formula is C12H21N3. The van der Waals surface area contributed by atoms with Crippen LogP contribution in [0.3, 0.4) is 0 Å². The van der Waals surface area contributed by atoms with E-state index in [-0.39, 0.29) is 0 Å². The van der Waals surface area contributed by atoms with Gasteiger partial charge in [0.2, 0.25) is 0 Å². The number of rotatable bonds is 3. The van der Waals surface area contributed by atoms with E-state index in [1.54, 1.807) is 0 Å². The van der Waals surface area contributed by atoms with E-state index in [1.807, 2.05) is 7.05 Å². The summed E-state index contributed by atoms with van der Waals surface area (Å²) in [5.41, 5.74) is 1.43. The summed E-state index contributed by atoms with van der Waals surface area (Å²) in [7, 11) is 4.11. The van der Waals surface area contributed by atoms with Crippen LogP contribution in [0.4, 0.5) is 0 Å². The van der Waals surface area contributed by atoms with Crippen molar-refractivity contribution < 1.29 is 0 Å². The molecule has 1 N–H and O–H groups in total. The van der Waals surface area contributed by atoms with Crippen LogP contribution in [-0.2, 0) is 13.6 Å². The second-order valence-corrected chi connectivity index (χ2v) is 4.52. The van der Waals surface area contributed by atoms with Gasteiger partial charge in [-0.15, -0.1) is 0 Å². The Bertz CT molecular complexity index is 311. The third kappa shape index (κ3) is 2.23. The van der Waals surface area contributed by atoms with Gasteiger partial charge >= 0.3 is 0 Å². The van der Waals surface area contributed by atoms with Crippen molar-refractivity contribution >= 4 is 0 Å². The summed E-state index contributed by atoms with van der Waals surface area (Å²) < 4.78 is 2.27. The summed E-state index contributed by atoms with van der Waals surface area (Å²) in [6.07, 6.45) is 8.95. The van der Waals surface area contributed by atoms with E-state index in [9.17, 15) is 0 Å². The lowest BCUT2D eigenvalue weighted by atomic mass is 9.87. The molecule has 3 nitrogen and oxygen atoms in total. The molecule has 1 fully saturated rings. The number of aromatic nitrogens is 2. The summed E-state index contributed by atoms with van der Waals surface area (Å²) in [5.74, 6) is 1.90. The summed E-state index contributed by atoms with van der Waals surface area (Å²) in [6, 6.07) is 0. The van der Waals surface area contributed by atoms with E-state index in [2.05, 4.69) is 28.1 Å². The predicted molar refractivity (Wildman–Crippen MR) is 61.8 cm³/mol. The van der Waals surface area contributed by atoms with Crippen molar-refractivity contribution in [2.75, 3.05) is 7.05 Å². The molecule has 2 rings (SSSR count). The van der Waals surface area contributed by atoms with Crippen LogP contribution in [-0.4, -0.2) is 16.6 Å². The number of nitrogens with one attached hydrogen (secondary N) is 1. The lowest BCUT2D eigenvalue weighted by Crippen LogP contribution is -2.14. The van der Waals surface area contributed by atoms with Gasteiger partial charge in [-0.25, -0.2) is 4.98 Å². The Morgan fingerprint density at radius 3 is 2.80 bits per heavy atom. The molecular weight excluding hydrogens is 186 g/mol. The van der Waals surface area contributed by atoms with E-state index >= 15 is 0 Å². The zero-order valence-corrected chi connectivity index (χ0v) is 9.79. The summed E-state index contributed by atoms with van der Waals surface area (Å²) in [5, 5.41) is 3.16. The molecule has 0 aromatic carbocycles. The van der Waals surface area contributed by atoms with Crippen molar-refractivity contribution in [2.24, 2.45) is 7.05 Å². The lowest BCUT2D eigenvalue weighted by molar-refractivity contribution is 0.427. The maximum Gasteiger partial charge on any atom is 0.122 e. The van der Waals surface area contributed by atoms with Crippen molar-refractivity contribution in [3.8, 4) is 0 Å². The lowest BCUT2D eigenvalue weighted by Gasteiger charge is -2.22. The average molecular weight is 207 g/mol. The number of hydrogen-bond acceptors (Lipinski definition) is 2. The van der Waals surface area contributed by atoms with Gasteiger partial charge in [0.15, 0.2) is 0 Å². The fourth-order valence-electron chi connectivity index (χ4n) is 2.56. The van der Waals surface area contributed by atoms with Crippen LogP contribution in [0.1, 0.15) is 49.5 Å². The maximum absolute atomic E-state index is 4.48. The monoisotopic (exact) mass is 207 g/mol. The Morgan fingerprint density at radius 2 is 2.13 bits per heavy atom. The molecule has 0 aliphatic heterocycles. The molecule has 0 saturated heterocycles. The SMILES string of the molecule is CNCc1ncc(C2CCCCC2)n1C. The summed E-state index contributed by atoms with van der Waals surface area (Å²) >= 11 is 0. The molecule has 1 heterocycles. The molecule has 0 unspecified atom stereocenters. The van der Waals surface area contributed by atoms with Gasteiger partial charge in [0, 0.05) is 24.9 Å². The maximum atomic E-state index is 4.48. The van der Waals surface area contributed by atoms with Gasteiger partial charge in [0.25, 0.3) is 0 Å². The van der Waals surface area contributed by atoms with Crippen LogP contribution >= 0.6 is 0 Å². The first kappa shape index (κ1) is 10.7. The van der Waals surface area contributed by atoms with Crippen LogP contribution in [0, 0.1) is 0 Å². The molecule has 0 bridgehead atoms. The summed E-state index contributed by atoms with van der Waals surface area (Å²) in [6.45, 7) is 0.864. The van der Waals surface area contributed by atoms with E-state index in [4.69, 9.17) is 0 Å². The molecule has 15 heavy (non-hydrogen) atoms. The van der Waals surface area contributed by atoms with Crippen LogP contribution in [0.2, 0.25) is 0 Å². The first-order valence-corrected chi connectivity index (χ1v) is 5.98. The highest BCUT2D eigenvalue weighted by Crippen LogP contribution is 2.32. The number of imidazole rings is 1. The van der Waals surface area contributed by atoms with Crippen LogP contribution in [0.15, 0.2) is 6.20 Å². The molecule has 3 heteroatoms. The smallest absolute Gasteiger partial charge is 0.122 e. The Hall–Kier alpha value is -0.830. The van der Waals surface area contributed by atoms with Crippen LogP contribution in [0.25, 0.3) is 0 Å². The van der Waals surface area contributed by atoms with Crippen LogP contribution in [0.5, 0.6) is 0 Å². The first-order chi connectivity index (χ1) is 7.33. The Balaban J connectivity index is 2.13. The Morgan fingerprint density at radius 1 is 1.40 bits per heavy atom. The minimum Gasteiger partial charge on any atom is -0.334 e. The van der Waals surface area contributed by atoms with Crippen molar-refractivity contribution in [3.05, 3.63) is 17.7 Å². The molecule has 1 aliphatic rings. The predicted octanol–water partition coefficient (Wildman–Crippen LogP) is 2.19. The highest BCUT2D eigenvalue weighted by Gasteiger charge is 2.19. The van der Waals surface area contributed by atoms with Crippen LogP contribution < -0.4 is 5.32 Å². The molecule has 0 radical (unpaired) electrons. The van der Waals surface area contributed by atoms with Gasteiger partial charge < -0.3 is 9.88 Å². The molecule has 1 aliphatic carbocycles. The summed E-state index contributed by atoms with van der Waals surface area (Å²) in [4.78, 5) is 4.48. The topological polar surface area (TPSA) is 29.9 Å². The normalized spacial score (nSPS) is 18.3. The number of nitrogens with zero attached hydrogens (tertiary/aromatic N) is 2.